The fourth-order valence-corrected chi connectivity index (χ4v) is 2.33. The van der Waals surface area contributed by atoms with Crippen LogP contribution in [0.3, 0.4) is 0 Å². The third-order valence-corrected chi connectivity index (χ3v) is 3.37. The van der Waals surface area contributed by atoms with Gasteiger partial charge in [-0.2, -0.15) is 0 Å². The number of amides is 1. The third-order valence-electron chi connectivity index (χ3n) is 3.37. The average Bonchev–Trinajstić information content (AvgIpc) is 2.42. The Morgan fingerprint density at radius 2 is 1.70 bits per heavy atom. The van der Waals surface area contributed by atoms with Gasteiger partial charge in [0.15, 0.2) is 0 Å². The highest BCUT2D eigenvalue weighted by Gasteiger charge is 2.14. The van der Waals surface area contributed by atoms with Gasteiger partial charge in [-0.1, -0.05) is 31.2 Å². The van der Waals surface area contributed by atoms with Crippen LogP contribution in [-0.4, -0.2) is 5.91 Å². The summed E-state index contributed by atoms with van der Waals surface area (Å²) in [4.78, 5) is 11.5. The Balaban J connectivity index is 2.49. The van der Waals surface area contributed by atoms with Gasteiger partial charge in [0, 0.05) is 11.1 Å². The maximum Gasteiger partial charge on any atom is 0.249 e. The summed E-state index contributed by atoms with van der Waals surface area (Å²) >= 11 is 0. The molecule has 0 atom stereocenters. The van der Waals surface area contributed by atoms with Gasteiger partial charge in [-0.15, -0.1) is 0 Å². The molecule has 0 spiro atoms. The van der Waals surface area contributed by atoms with E-state index in [4.69, 9.17) is 10.5 Å². The van der Waals surface area contributed by atoms with Crippen molar-refractivity contribution in [3.63, 3.8) is 0 Å². The number of rotatable bonds is 4. The van der Waals surface area contributed by atoms with Crippen molar-refractivity contribution in [2.75, 3.05) is 0 Å². The van der Waals surface area contributed by atoms with Gasteiger partial charge in [0.25, 0.3) is 0 Å². The molecule has 0 fully saturated rings. The molecular weight excluding hydrogens is 250 g/mol. The molecule has 104 valence electrons. The number of hydrogen-bond donors (Lipinski definition) is 1. The highest BCUT2D eigenvalue weighted by atomic mass is 16.5. The maximum absolute atomic E-state index is 11.5. The topological polar surface area (TPSA) is 52.3 Å². The van der Waals surface area contributed by atoms with Crippen LogP contribution in [0.25, 0.3) is 0 Å². The van der Waals surface area contributed by atoms with E-state index in [-0.39, 0.29) is 0 Å². The first-order valence-electron chi connectivity index (χ1n) is 6.70. The fourth-order valence-electron chi connectivity index (χ4n) is 2.33. The van der Waals surface area contributed by atoms with Crippen molar-refractivity contribution < 1.29 is 9.53 Å². The number of carbonyl (C=O) groups is 1. The number of carbonyl (C=O) groups excluding carboxylic acids is 1. The van der Waals surface area contributed by atoms with Crippen LogP contribution in [0.4, 0.5) is 0 Å². The van der Waals surface area contributed by atoms with Gasteiger partial charge in [0.2, 0.25) is 5.91 Å². The van der Waals surface area contributed by atoms with Gasteiger partial charge >= 0.3 is 0 Å². The second kappa shape index (κ2) is 5.78. The second-order valence-corrected chi connectivity index (χ2v) is 4.82. The van der Waals surface area contributed by atoms with Gasteiger partial charge < -0.3 is 10.5 Å². The number of aryl methyl sites for hydroxylation is 2. The molecule has 3 heteroatoms. The van der Waals surface area contributed by atoms with E-state index < -0.39 is 5.91 Å². The van der Waals surface area contributed by atoms with E-state index in [9.17, 15) is 4.79 Å². The summed E-state index contributed by atoms with van der Waals surface area (Å²) in [7, 11) is 0. The van der Waals surface area contributed by atoms with Crippen molar-refractivity contribution in [3.8, 4) is 11.5 Å². The van der Waals surface area contributed by atoms with Crippen molar-refractivity contribution in [2.45, 2.75) is 27.2 Å². The Kier molecular flexibility index (Phi) is 4.08. The SMILES string of the molecule is CCc1c(Oc2c(C)cccc2C)cccc1C(N)=O. The molecule has 2 aromatic carbocycles. The minimum atomic E-state index is -0.422. The second-order valence-electron chi connectivity index (χ2n) is 4.82. The summed E-state index contributed by atoms with van der Waals surface area (Å²) < 4.78 is 6.04. The molecule has 2 N–H and O–H groups in total. The first-order valence-corrected chi connectivity index (χ1v) is 6.70. The van der Waals surface area contributed by atoms with E-state index in [1.54, 1.807) is 12.1 Å². The van der Waals surface area contributed by atoms with E-state index in [2.05, 4.69) is 0 Å². The average molecular weight is 269 g/mol. The molecule has 2 rings (SSSR count). The summed E-state index contributed by atoms with van der Waals surface area (Å²) in [5, 5.41) is 0. The molecule has 20 heavy (non-hydrogen) atoms. The molecular formula is C17H19NO2. The lowest BCUT2D eigenvalue weighted by molar-refractivity contribution is 0.0999. The number of benzene rings is 2. The first-order chi connectivity index (χ1) is 9.54. The zero-order valence-electron chi connectivity index (χ0n) is 12.1. The lowest BCUT2D eigenvalue weighted by Crippen LogP contribution is -2.14. The van der Waals surface area contributed by atoms with Crippen LogP contribution >= 0.6 is 0 Å². The maximum atomic E-state index is 11.5. The predicted molar refractivity (Wildman–Crippen MR) is 80.3 cm³/mol. The van der Waals surface area contributed by atoms with Crippen molar-refractivity contribution in [1.29, 1.82) is 0 Å². The summed E-state index contributed by atoms with van der Waals surface area (Å²) in [6, 6.07) is 11.4. The molecule has 0 radical (unpaired) electrons. The molecule has 2 aromatic rings. The molecule has 0 saturated heterocycles. The van der Waals surface area contributed by atoms with Crippen LogP contribution in [-0.2, 0) is 6.42 Å². The van der Waals surface area contributed by atoms with Gasteiger partial charge in [-0.05, 0) is 43.5 Å². The minimum absolute atomic E-state index is 0.422. The molecule has 0 aromatic heterocycles. The normalized spacial score (nSPS) is 10.3. The predicted octanol–water partition coefficient (Wildman–Crippen LogP) is 3.76. The number of para-hydroxylation sites is 1. The smallest absolute Gasteiger partial charge is 0.249 e. The zero-order chi connectivity index (χ0) is 14.7. The molecule has 3 nitrogen and oxygen atoms in total. The molecule has 0 heterocycles. The molecule has 0 aliphatic carbocycles. The molecule has 0 bridgehead atoms. The van der Waals surface area contributed by atoms with E-state index in [0.29, 0.717) is 17.7 Å². The Bertz CT molecular complexity index is 627. The first kappa shape index (κ1) is 14.1. The van der Waals surface area contributed by atoms with Crippen molar-refractivity contribution in [1.82, 2.24) is 0 Å². The molecule has 0 aliphatic rings. The van der Waals surface area contributed by atoms with E-state index in [1.807, 2.05) is 45.0 Å². The highest BCUT2D eigenvalue weighted by molar-refractivity contribution is 5.95. The lowest BCUT2D eigenvalue weighted by atomic mass is 10.0. The van der Waals surface area contributed by atoms with Crippen LogP contribution in [0, 0.1) is 13.8 Å². The number of ether oxygens (including phenoxy) is 1. The van der Waals surface area contributed by atoms with Crippen molar-refractivity contribution >= 4 is 5.91 Å². The number of hydrogen-bond acceptors (Lipinski definition) is 2. The van der Waals surface area contributed by atoms with Gasteiger partial charge in [-0.25, -0.2) is 0 Å². The highest BCUT2D eigenvalue weighted by Crippen LogP contribution is 2.32. The van der Waals surface area contributed by atoms with E-state index >= 15 is 0 Å². The van der Waals surface area contributed by atoms with E-state index in [0.717, 1.165) is 22.4 Å². The monoisotopic (exact) mass is 269 g/mol. The lowest BCUT2D eigenvalue weighted by Gasteiger charge is -2.15. The standard InChI is InChI=1S/C17H19NO2/c1-4-13-14(17(18)19)9-6-10-15(13)20-16-11(2)7-5-8-12(16)3/h5-10H,4H2,1-3H3,(H2,18,19). The Morgan fingerprint density at radius 3 is 2.25 bits per heavy atom. The molecule has 0 unspecified atom stereocenters. The van der Waals surface area contributed by atoms with Gasteiger partial charge in [0.1, 0.15) is 11.5 Å². The summed E-state index contributed by atoms with van der Waals surface area (Å²) in [6.45, 7) is 6.00. The van der Waals surface area contributed by atoms with Crippen molar-refractivity contribution in [3.05, 3.63) is 58.7 Å². The largest absolute Gasteiger partial charge is 0.457 e. The van der Waals surface area contributed by atoms with Crippen LogP contribution in [0.5, 0.6) is 11.5 Å². The quantitative estimate of drug-likeness (QED) is 0.918. The summed E-state index contributed by atoms with van der Waals surface area (Å²) in [5.74, 6) is 1.11. The third kappa shape index (κ3) is 2.67. The Labute approximate surface area is 119 Å². The van der Waals surface area contributed by atoms with Crippen LogP contribution in [0.15, 0.2) is 36.4 Å². The summed E-state index contributed by atoms with van der Waals surface area (Å²) in [5.41, 5.74) is 8.92. The fraction of sp³-hybridized carbons (Fsp3) is 0.235. The van der Waals surface area contributed by atoms with Crippen LogP contribution < -0.4 is 10.5 Å². The van der Waals surface area contributed by atoms with Gasteiger partial charge in [-0.3, -0.25) is 4.79 Å². The Morgan fingerprint density at radius 1 is 1.10 bits per heavy atom. The Hall–Kier alpha value is -2.29. The number of nitrogens with two attached hydrogens (primary N) is 1. The summed E-state index contributed by atoms with van der Waals surface area (Å²) in [6.07, 6.45) is 0.694. The molecule has 0 aliphatic heterocycles. The number of primary amides is 1. The zero-order valence-corrected chi connectivity index (χ0v) is 12.1. The van der Waals surface area contributed by atoms with Crippen LogP contribution in [0.2, 0.25) is 0 Å². The van der Waals surface area contributed by atoms with Crippen molar-refractivity contribution in [2.24, 2.45) is 5.73 Å². The van der Waals surface area contributed by atoms with E-state index in [1.165, 1.54) is 0 Å². The molecule has 0 saturated carbocycles. The van der Waals surface area contributed by atoms with Gasteiger partial charge in [0.05, 0.1) is 0 Å². The molecule has 1 amide bonds. The minimum Gasteiger partial charge on any atom is -0.457 e. The van der Waals surface area contributed by atoms with Crippen LogP contribution in [0.1, 0.15) is 34.0 Å².